The maximum Gasteiger partial charge on any atom is 0.230 e. The highest BCUT2D eigenvalue weighted by atomic mass is 35.5. The van der Waals surface area contributed by atoms with Gasteiger partial charge in [0.25, 0.3) is 0 Å². The van der Waals surface area contributed by atoms with E-state index in [1.807, 2.05) is 31.2 Å². The molecule has 0 saturated carbocycles. The molecule has 3 heterocycles. The molecular weight excluding hydrogens is 356 g/mol. The summed E-state index contributed by atoms with van der Waals surface area (Å²) in [5.74, 6) is 1.51. The van der Waals surface area contributed by atoms with E-state index in [9.17, 15) is 5.11 Å². The van der Waals surface area contributed by atoms with E-state index in [4.69, 9.17) is 11.6 Å². The van der Waals surface area contributed by atoms with Gasteiger partial charge in [-0.1, -0.05) is 42.0 Å². The Morgan fingerprint density at radius 3 is 2.76 bits per heavy atom. The molecule has 4 rings (SSSR count). The van der Waals surface area contributed by atoms with Crippen LogP contribution in [0.3, 0.4) is 0 Å². The monoisotopic (exact) mass is 376 g/mol. The van der Waals surface area contributed by atoms with E-state index in [-0.39, 0.29) is 11.9 Å². The SMILES string of the molecule is Cc1nc2sc(C(c3ccc(Cl)cc3)N3CCCC(C)C3)c(O)n2n1. The third-order valence-electron chi connectivity index (χ3n) is 4.79. The molecule has 2 unspecified atom stereocenters. The minimum Gasteiger partial charge on any atom is -0.492 e. The summed E-state index contributed by atoms with van der Waals surface area (Å²) in [6, 6.07) is 7.92. The lowest BCUT2D eigenvalue weighted by Crippen LogP contribution is -2.37. The number of aromatic hydroxyl groups is 1. The molecule has 1 N–H and O–H groups in total. The summed E-state index contributed by atoms with van der Waals surface area (Å²) in [7, 11) is 0. The quantitative estimate of drug-likeness (QED) is 0.741. The molecule has 7 heteroatoms. The third kappa shape index (κ3) is 3.14. The fourth-order valence-corrected chi connectivity index (χ4v) is 4.95. The van der Waals surface area contributed by atoms with Crippen molar-refractivity contribution in [2.75, 3.05) is 13.1 Å². The molecule has 132 valence electrons. The maximum absolute atomic E-state index is 10.8. The van der Waals surface area contributed by atoms with Gasteiger partial charge in [0, 0.05) is 11.6 Å². The lowest BCUT2D eigenvalue weighted by Gasteiger charge is -2.37. The van der Waals surface area contributed by atoms with Crippen molar-refractivity contribution in [2.45, 2.75) is 32.7 Å². The van der Waals surface area contributed by atoms with Gasteiger partial charge in [-0.05, 0) is 49.9 Å². The first-order chi connectivity index (χ1) is 12.0. The Morgan fingerprint density at radius 1 is 1.32 bits per heavy atom. The number of aromatic nitrogens is 3. The van der Waals surface area contributed by atoms with E-state index in [1.165, 1.54) is 24.2 Å². The van der Waals surface area contributed by atoms with Crippen molar-refractivity contribution in [3.8, 4) is 5.88 Å². The summed E-state index contributed by atoms with van der Waals surface area (Å²) < 4.78 is 1.55. The predicted molar refractivity (Wildman–Crippen MR) is 101 cm³/mol. The second-order valence-corrected chi connectivity index (χ2v) is 8.29. The topological polar surface area (TPSA) is 53.7 Å². The highest BCUT2D eigenvalue weighted by molar-refractivity contribution is 7.17. The van der Waals surface area contributed by atoms with E-state index in [2.05, 4.69) is 21.9 Å². The largest absolute Gasteiger partial charge is 0.492 e. The van der Waals surface area contributed by atoms with E-state index in [0.29, 0.717) is 11.7 Å². The summed E-state index contributed by atoms with van der Waals surface area (Å²) in [6.07, 6.45) is 2.43. The van der Waals surface area contributed by atoms with Gasteiger partial charge in [-0.25, -0.2) is 4.98 Å². The zero-order chi connectivity index (χ0) is 17.6. The predicted octanol–water partition coefficient (Wildman–Crippen LogP) is 4.28. The molecule has 25 heavy (non-hydrogen) atoms. The standard InChI is InChI=1S/C18H21ClN4OS/c1-11-4-3-9-22(10-11)15(13-5-7-14(19)8-6-13)16-17(24)23-18(25-16)20-12(2)21-23/h5-8,11,15,24H,3-4,9-10H2,1-2H3. The van der Waals surface area contributed by atoms with Crippen LogP contribution in [0.1, 0.15) is 42.1 Å². The Balaban J connectivity index is 1.81. The van der Waals surface area contributed by atoms with Crippen LogP contribution < -0.4 is 0 Å². The highest BCUT2D eigenvalue weighted by Crippen LogP contribution is 2.41. The van der Waals surface area contributed by atoms with Crippen LogP contribution >= 0.6 is 22.9 Å². The molecule has 2 aromatic heterocycles. The number of benzene rings is 1. The van der Waals surface area contributed by atoms with Gasteiger partial charge >= 0.3 is 0 Å². The van der Waals surface area contributed by atoms with Gasteiger partial charge in [0.1, 0.15) is 5.82 Å². The Bertz CT molecular complexity index is 889. The lowest BCUT2D eigenvalue weighted by molar-refractivity contribution is 0.149. The van der Waals surface area contributed by atoms with Gasteiger partial charge in [0.15, 0.2) is 0 Å². The van der Waals surface area contributed by atoms with E-state index in [1.54, 1.807) is 4.52 Å². The number of piperidine rings is 1. The minimum absolute atomic E-state index is 0.00572. The van der Waals surface area contributed by atoms with Crippen LogP contribution in [0.25, 0.3) is 4.96 Å². The van der Waals surface area contributed by atoms with E-state index < -0.39 is 0 Å². The summed E-state index contributed by atoms with van der Waals surface area (Å²) in [5.41, 5.74) is 1.13. The first-order valence-electron chi connectivity index (χ1n) is 8.57. The average molecular weight is 377 g/mol. The summed E-state index contributed by atoms with van der Waals surface area (Å²) in [5, 5.41) is 15.8. The van der Waals surface area contributed by atoms with Crippen molar-refractivity contribution in [1.29, 1.82) is 0 Å². The van der Waals surface area contributed by atoms with Crippen molar-refractivity contribution < 1.29 is 5.11 Å². The van der Waals surface area contributed by atoms with Crippen molar-refractivity contribution in [3.05, 3.63) is 45.6 Å². The number of fused-ring (bicyclic) bond motifs is 1. The minimum atomic E-state index is -0.00572. The molecule has 1 aliphatic rings. The number of aryl methyl sites for hydroxylation is 1. The number of likely N-dealkylation sites (tertiary alicyclic amines) is 1. The summed E-state index contributed by atoms with van der Waals surface area (Å²) in [4.78, 5) is 8.49. The van der Waals surface area contributed by atoms with Crippen molar-refractivity contribution in [2.24, 2.45) is 5.92 Å². The molecule has 1 fully saturated rings. The summed E-state index contributed by atoms with van der Waals surface area (Å²) in [6.45, 7) is 6.15. The number of hydrogen-bond acceptors (Lipinski definition) is 5. The van der Waals surface area contributed by atoms with Gasteiger partial charge < -0.3 is 5.11 Å². The molecule has 0 radical (unpaired) electrons. The van der Waals surface area contributed by atoms with Gasteiger partial charge in [-0.2, -0.15) is 4.52 Å². The number of thiazole rings is 1. The average Bonchev–Trinajstić information content (AvgIpc) is 3.08. The van der Waals surface area contributed by atoms with Crippen LogP contribution in [0, 0.1) is 12.8 Å². The van der Waals surface area contributed by atoms with Crippen molar-refractivity contribution in [3.63, 3.8) is 0 Å². The zero-order valence-corrected chi connectivity index (χ0v) is 15.9. The molecule has 1 saturated heterocycles. The fourth-order valence-electron chi connectivity index (χ4n) is 3.66. The normalized spacial score (nSPS) is 20.2. The van der Waals surface area contributed by atoms with Crippen molar-refractivity contribution >= 4 is 27.9 Å². The van der Waals surface area contributed by atoms with Gasteiger partial charge in [-0.3, -0.25) is 4.90 Å². The Labute approximate surface area is 155 Å². The van der Waals surface area contributed by atoms with Gasteiger partial charge in [0.2, 0.25) is 10.8 Å². The highest BCUT2D eigenvalue weighted by Gasteiger charge is 2.31. The molecule has 2 atom stereocenters. The molecular formula is C18H21ClN4OS. The molecule has 3 aromatic rings. The van der Waals surface area contributed by atoms with E-state index >= 15 is 0 Å². The Morgan fingerprint density at radius 2 is 2.08 bits per heavy atom. The molecule has 5 nitrogen and oxygen atoms in total. The maximum atomic E-state index is 10.8. The molecule has 1 aromatic carbocycles. The van der Waals surface area contributed by atoms with Crippen LogP contribution in [0.2, 0.25) is 5.02 Å². The van der Waals surface area contributed by atoms with Crippen LogP contribution in [0.5, 0.6) is 5.88 Å². The van der Waals surface area contributed by atoms with Crippen LogP contribution in [-0.2, 0) is 0 Å². The van der Waals surface area contributed by atoms with Gasteiger partial charge in [-0.15, -0.1) is 5.10 Å². The zero-order valence-electron chi connectivity index (χ0n) is 14.3. The third-order valence-corrected chi connectivity index (χ3v) is 6.12. The number of nitrogens with zero attached hydrogens (tertiary/aromatic N) is 4. The number of hydrogen-bond donors (Lipinski definition) is 1. The van der Waals surface area contributed by atoms with Crippen molar-refractivity contribution in [1.82, 2.24) is 19.5 Å². The molecule has 0 amide bonds. The first-order valence-corrected chi connectivity index (χ1v) is 9.77. The Hall–Kier alpha value is -1.63. The van der Waals surface area contributed by atoms with Gasteiger partial charge in [0.05, 0.1) is 10.9 Å². The second-order valence-electron chi connectivity index (χ2n) is 6.84. The lowest BCUT2D eigenvalue weighted by atomic mass is 9.95. The molecule has 0 bridgehead atoms. The van der Waals surface area contributed by atoms with Crippen LogP contribution in [-0.4, -0.2) is 37.7 Å². The smallest absolute Gasteiger partial charge is 0.230 e. The first kappa shape index (κ1) is 16.8. The number of halogens is 1. The van der Waals surface area contributed by atoms with Crippen LogP contribution in [0.15, 0.2) is 24.3 Å². The fraction of sp³-hybridized carbons (Fsp3) is 0.444. The molecule has 1 aliphatic heterocycles. The molecule has 0 spiro atoms. The summed E-state index contributed by atoms with van der Waals surface area (Å²) >= 11 is 7.59. The number of rotatable bonds is 3. The Kier molecular flexibility index (Phi) is 4.43. The second kappa shape index (κ2) is 6.59. The molecule has 0 aliphatic carbocycles. The van der Waals surface area contributed by atoms with Crippen LogP contribution in [0.4, 0.5) is 0 Å². The van der Waals surface area contributed by atoms with E-state index in [0.717, 1.165) is 33.5 Å².